The zero-order valence-corrected chi connectivity index (χ0v) is 22.8. The van der Waals surface area contributed by atoms with Crippen molar-refractivity contribution < 1.29 is 28.4 Å². The molecule has 1 aromatic rings. The number of carboxylic acid groups (broad SMARTS) is 1. The largest absolute Gasteiger partial charge is 0.480 e. The number of carbonyl (C=O) groups is 3. The normalized spacial score (nSPS) is 20.8. The summed E-state index contributed by atoms with van der Waals surface area (Å²) < 4.78 is 12.3. The fourth-order valence-corrected chi connectivity index (χ4v) is 5.46. The van der Waals surface area contributed by atoms with Crippen molar-refractivity contribution in [1.29, 1.82) is 0 Å². The average Bonchev–Trinajstić information content (AvgIpc) is 3.52. The van der Waals surface area contributed by atoms with E-state index in [4.69, 9.17) is 8.92 Å². The molecule has 2 amide bonds. The maximum atomic E-state index is 13.5. The van der Waals surface area contributed by atoms with Gasteiger partial charge in [-0.05, 0) is 69.2 Å². The van der Waals surface area contributed by atoms with E-state index in [1.807, 2.05) is 30.3 Å². The fraction of sp³-hybridized carbons (Fsp3) is 0.577. The van der Waals surface area contributed by atoms with E-state index in [9.17, 15) is 19.5 Å². The van der Waals surface area contributed by atoms with Crippen LogP contribution in [0.1, 0.15) is 64.2 Å². The smallest absolute Gasteiger partial charge is 0.408 e. The third-order valence-electron chi connectivity index (χ3n) is 6.49. The summed E-state index contributed by atoms with van der Waals surface area (Å²) in [7, 11) is 0. The number of carbonyl (C=O) groups excluding carboxylic acids is 2. The molecule has 1 aromatic carbocycles. The summed E-state index contributed by atoms with van der Waals surface area (Å²) in [6.07, 6.45) is 8.42. The molecule has 1 aliphatic heterocycles. The summed E-state index contributed by atoms with van der Waals surface area (Å²) in [6.45, 7) is 3.87. The fourth-order valence-electron chi connectivity index (χ4n) is 4.56. The topological polar surface area (TPSA) is 105 Å². The number of hydrogen-bond acceptors (Lipinski definition) is 6. The van der Waals surface area contributed by atoms with E-state index < -0.39 is 36.2 Å². The Bertz CT molecular complexity index is 893. The van der Waals surface area contributed by atoms with Crippen LogP contribution in [0.5, 0.6) is 0 Å². The number of hydrogen-bond donors (Lipinski definition) is 2. The van der Waals surface area contributed by atoms with Gasteiger partial charge in [0.1, 0.15) is 18.2 Å². The lowest BCUT2D eigenvalue weighted by molar-refractivity contribution is -0.149. The number of nitrogens with zero attached hydrogens (tertiary/aromatic N) is 1. The highest BCUT2D eigenvalue weighted by molar-refractivity contribution is 9.10. The van der Waals surface area contributed by atoms with Gasteiger partial charge < -0.3 is 24.2 Å². The monoisotopic (exact) mass is 582 g/mol. The van der Waals surface area contributed by atoms with Crippen molar-refractivity contribution in [3.63, 3.8) is 0 Å². The van der Waals surface area contributed by atoms with Crippen LogP contribution in [0.2, 0.25) is 0 Å². The second-order valence-electron chi connectivity index (χ2n) is 9.27. The second kappa shape index (κ2) is 14.6. The molecule has 2 aliphatic rings. The predicted molar refractivity (Wildman–Crippen MR) is 142 cm³/mol. The van der Waals surface area contributed by atoms with E-state index in [2.05, 4.69) is 27.8 Å². The summed E-state index contributed by atoms with van der Waals surface area (Å²) in [4.78, 5) is 40.3. The minimum atomic E-state index is -1.08. The van der Waals surface area contributed by atoms with Gasteiger partial charge in [-0.1, -0.05) is 34.8 Å². The molecule has 1 heterocycles. The molecule has 0 radical (unpaired) electrons. The van der Waals surface area contributed by atoms with Crippen LogP contribution >= 0.6 is 28.0 Å². The van der Waals surface area contributed by atoms with E-state index in [-0.39, 0.29) is 19.1 Å². The number of likely N-dealkylation sites (tertiary alicyclic amines) is 1. The third kappa shape index (κ3) is 8.81. The number of unbranched alkanes of at least 4 members (excludes halogenated alkanes) is 3. The van der Waals surface area contributed by atoms with E-state index in [0.717, 1.165) is 72.8 Å². The molecular weight excluding hydrogens is 548 g/mol. The van der Waals surface area contributed by atoms with Crippen LogP contribution in [0.4, 0.5) is 4.79 Å². The number of halogens is 1. The van der Waals surface area contributed by atoms with Crippen molar-refractivity contribution in [2.45, 2.75) is 93.4 Å². The van der Waals surface area contributed by atoms with E-state index >= 15 is 0 Å². The molecule has 1 saturated heterocycles. The third-order valence-corrected chi connectivity index (χ3v) is 7.85. The molecule has 2 N–H and O–H groups in total. The number of aliphatic carboxylic acids is 1. The summed E-state index contributed by atoms with van der Waals surface area (Å²) >= 11 is 4.55. The van der Waals surface area contributed by atoms with Crippen molar-refractivity contribution in [1.82, 2.24) is 10.2 Å². The molecule has 2 fully saturated rings. The first-order valence-corrected chi connectivity index (χ1v) is 14.1. The number of nitrogens with one attached hydrogen (secondary N) is 1. The Morgan fingerprint density at radius 1 is 1.17 bits per heavy atom. The first-order chi connectivity index (χ1) is 17.4. The van der Waals surface area contributed by atoms with Crippen LogP contribution in [0.15, 0.2) is 46.3 Å². The van der Waals surface area contributed by atoms with Crippen molar-refractivity contribution in [3.05, 3.63) is 41.4 Å². The van der Waals surface area contributed by atoms with Crippen molar-refractivity contribution in [2.75, 3.05) is 6.54 Å². The van der Waals surface area contributed by atoms with Gasteiger partial charge in [0.15, 0.2) is 0 Å². The second-order valence-corrected chi connectivity index (χ2v) is 11.0. The van der Waals surface area contributed by atoms with Crippen LogP contribution in [0, 0.1) is 0 Å². The molecule has 1 saturated carbocycles. The van der Waals surface area contributed by atoms with Gasteiger partial charge in [0.05, 0.1) is 6.10 Å². The zero-order chi connectivity index (χ0) is 25.9. The highest BCUT2D eigenvalue weighted by Gasteiger charge is 2.43. The lowest BCUT2D eigenvalue weighted by Crippen LogP contribution is -2.52. The van der Waals surface area contributed by atoms with Gasteiger partial charge >= 0.3 is 12.1 Å². The van der Waals surface area contributed by atoms with Crippen molar-refractivity contribution in [2.24, 2.45) is 0 Å². The molecule has 3 unspecified atom stereocenters. The Kier molecular flexibility index (Phi) is 11.6. The van der Waals surface area contributed by atoms with Crippen molar-refractivity contribution in [3.8, 4) is 0 Å². The standard InChI is InChI=1S/C26H35BrN2O6S/c1-2-3-4-5-6-11-22(28-26(33)34-19-9-7-8-10-19)24(30)29-17-20(16-23(29)25(31)32)35-36-21-14-12-18(27)13-15-21/h2,12-15,19-20,22-23H,1,3-11,16-17H2,(H,28,33)(H,31,32). The molecule has 0 bridgehead atoms. The highest BCUT2D eigenvalue weighted by atomic mass is 79.9. The van der Waals surface area contributed by atoms with E-state index in [1.54, 1.807) is 0 Å². The quantitative estimate of drug-likeness (QED) is 0.174. The predicted octanol–water partition coefficient (Wildman–Crippen LogP) is 5.70. The first kappa shape index (κ1) is 28.5. The van der Waals surface area contributed by atoms with Gasteiger partial charge in [-0.25, -0.2) is 9.59 Å². The number of ether oxygens (including phenoxy) is 1. The summed E-state index contributed by atoms with van der Waals surface area (Å²) in [5.41, 5.74) is 0. The molecule has 36 heavy (non-hydrogen) atoms. The first-order valence-electron chi connectivity index (χ1n) is 12.6. The van der Waals surface area contributed by atoms with Crippen LogP contribution in [-0.2, 0) is 18.5 Å². The number of allylic oxidation sites excluding steroid dienone is 1. The van der Waals surface area contributed by atoms with Gasteiger partial charge in [0, 0.05) is 34.4 Å². The molecule has 10 heteroatoms. The molecule has 0 spiro atoms. The summed E-state index contributed by atoms with van der Waals surface area (Å²) in [5, 5.41) is 12.5. The minimum Gasteiger partial charge on any atom is -0.480 e. The Morgan fingerprint density at radius 3 is 2.56 bits per heavy atom. The number of amides is 2. The van der Waals surface area contributed by atoms with Crippen LogP contribution in [0.3, 0.4) is 0 Å². The van der Waals surface area contributed by atoms with Gasteiger partial charge in [0.25, 0.3) is 0 Å². The van der Waals surface area contributed by atoms with Gasteiger partial charge in [-0.2, -0.15) is 0 Å². The lowest BCUT2D eigenvalue weighted by atomic mass is 10.1. The lowest BCUT2D eigenvalue weighted by Gasteiger charge is -2.27. The minimum absolute atomic E-state index is 0.125. The van der Waals surface area contributed by atoms with Crippen molar-refractivity contribution >= 4 is 45.9 Å². The maximum absolute atomic E-state index is 13.5. The van der Waals surface area contributed by atoms with E-state index in [1.165, 1.54) is 4.90 Å². The molecule has 0 aromatic heterocycles. The molecule has 3 rings (SSSR count). The zero-order valence-electron chi connectivity index (χ0n) is 20.4. The van der Waals surface area contributed by atoms with Crippen LogP contribution in [-0.4, -0.2) is 58.8 Å². The number of benzene rings is 1. The molecule has 1 aliphatic carbocycles. The Hall–Kier alpha value is -2.04. The number of alkyl carbamates (subject to hydrolysis) is 1. The highest BCUT2D eigenvalue weighted by Crippen LogP contribution is 2.30. The van der Waals surface area contributed by atoms with Crippen LogP contribution < -0.4 is 5.32 Å². The van der Waals surface area contributed by atoms with Gasteiger partial charge in [0.2, 0.25) is 5.91 Å². The van der Waals surface area contributed by atoms with Crippen LogP contribution in [0.25, 0.3) is 0 Å². The summed E-state index contributed by atoms with van der Waals surface area (Å²) in [6, 6.07) is 5.72. The molecule has 8 nitrogen and oxygen atoms in total. The SMILES string of the molecule is C=CCCCCCC(NC(=O)OC1CCCC1)C(=O)N1CC(OSc2ccc(Br)cc2)CC1C(=O)O. The van der Waals surface area contributed by atoms with Gasteiger partial charge in [-0.15, -0.1) is 6.58 Å². The maximum Gasteiger partial charge on any atom is 0.408 e. The summed E-state index contributed by atoms with van der Waals surface area (Å²) in [5.74, 6) is -1.49. The molecular formula is C26H35BrN2O6S. The number of rotatable bonds is 13. The Labute approximate surface area is 225 Å². The number of carboxylic acids is 1. The Balaban J connectivity index is 1.62. The Morgan fingerprint density at radius 2 is 1.89 bits per heavy atom. The molecule has 3 atom stereocenters. The molecule has 198 valence electrons. The van der Waals surface area contributed by atoms with E-state index in [0.29, 0.717) is 6.42 Å². The van der Waals surface area contributed by atoms with Gasteiger partial charge in [-0.3, -0.25) is 4.79 Å². The average molecular weight is 584 g/mol.